The van der Waals surface area contributed by atoms with Gasteiger partial charge in [-0.1, -0.05) is 19.8 Å². The average Bonchev–Trinajstić information content (AvgIpc) is 2.31. The van der Waals surface area contributed by atoms with Gasteiger partial charge in [-0.25, -0.2) is 0 Å². The Hall–Kier alpha value is 1.64. The van der Waals surface area contributed by atoms with Gasteiger partial charge in [0, 0.05) is 23.1 Å². The summed E-state index contributed by atoms with van der Waals surface area (Å²) in [6.07, 6.45) is 7.05. The summed E-state index contributed by atoms with van der Waals surface area (Å²) in [6.45, 7) is 3.60. The second kappa shape index (κ2) is 18.0. The van der Waals surface area contributed by atoms with Crippen LogP contribution in [0.1, 0.15) is 39.0 Å². The molecule has 0 aromatic heterocycles. The molecule has 1 atom stereocenters. The maximum Gasteiger partial charge on any atom is 0.00926 e. The molecule has 1 rings (SSSR count). The molecule has 1 nitrogen and oxygen atoms in total. The van der Waals surface area contributed by atoms with Crippen molar-refractivity contribution in [2.75, 3.05) is 13.6 Å². The zero-order chi connectivity index (χ0) is 7.40. The Labute approximate surface area is 130 Å². The summed E-state index contributed by atoms with van der Waals surface area (Å²) in [5.41, 5.74) is 0. The minimum absolute atomic E-state index is 0. The van der Waals surface area contributed by atoms with Crippen LogP contribution in [0.25, 0.3) is 0 Å². The summed E-state index contributed by atoms with van der Waals surface area (Å²) in [4.78, 5) is 2.51. The van der Waals surface area contributed by atoms with Crippen LogP contribution in [0, 0.1) is 0 Å². The van der Waals surface area contributed by atoms with Crippen LogP contribution in [0.2, 0.25) is 0 Å². The third-order valence-electron chi connectivity index (χ3n) is 2.56. The van der Waals surface area contributed by atoms with Gasteiger partial charge in [0.05, 0.1) is 0 Å². The minimum atomic E-state index is 0. The van der Waals surface area contributed by atoms with Gasteiger partial charge in [-0.05, 0) is 32.9 Å². The van der Waals surface area contributed by atoms with Crippen molar-refractivity contribution in [1.82, 2.24) is 4.90 Å². The van der Waals surface area contributed by atoms with Crippen LogP contribution < -0.4 is 0 Å². The van der Waals surface area contributed by atoms with Crippen molar-refractivity contribution in [3.8, 4) is 0 Å². The normalized spacial score (nSPS) is 18.4. The molecular formula is C9H23Cl4FeN. The van der Waals surface area contributed by atoms with Gasteiger partial charge >= 0.3 is 0 Å². The molecule has 0 amide bonds. The Bertz CT molecular complexity index is 108. The molecule has 6 heteroatoms. The molecule has 0 saturated carbocycles. The first kappa shape index (κ1) is 30.0. The molecule has 100 valence electrons. The van der Waals surface area contributed by atoms with E-state index in [0.717, 1.165) is 6.04 Å². The average molecular weight is 343 g/mol. The number of unbranched alkanes of at least 4 members (excludes halogenated alkanes) is 1. The first-order valence-electron chi connectivity index (χ1n) is 4.55. The zero-order valence-electron chi connectivity index (χ0n) is 9.25. The molecule has 0 bridgehead atoms. The summed E-state index contributed by atoms with van der Waals surface area (Å²) in [7, 11) is 2.26. The zero-order valence-corrected chi connectivity index (χ0v) is 13.6. The van der Waals surface area contributed by atoms with Gasteiger partial charge in [0.25, 0.3) is 0 Å². The van der Waals surface area contributed by atoms with Crippen LogP contribution in [0.5, 0.6) is 0 Å². The number of rotatable bonds is 3. The Kier molecular flexibility index (Phi) is 36.1. The van der Waals surface area contributed by atoms with Gasteiger partial charge in [0.15, 0.2) is 0 Å². The van der Waals surface area contributed by atoms with E-state index in [4.69, 9.17) is 0 Å². The van der Waals surface area contributed by atoms with Crippen molar-refractivity contribution < 1.29 is 17.1 Å². The van der Waals surface area contributed by atoms with Crippen LogP contribution >= 0.6 is 49.6 Å². The molecule has 1 aliphatic rings. The van der Waals surface area contributed by atoms with Crippen LogP contribution in [0.15, 0.2) is 0 Å². The molecule has 1 fully saturated rings. The van der Waals surface area contributed by atoms with Crippen LogP contribution in [-0.4, -0.2) is 24.5 Å². The monoisotopic (exact) mass is 341 g/mol. The van der Waals surface area contributed by atoms with E-state index in [1.807, 2.05) is 0 Å². The summed E-state index contributed by atoms with van der Waals surface area (Å²) in [6, 6.07) is 0.917. The molecule has 0 radical (unpaired) electrons. The van der Waals surface area contributed by atoms with Crippen molar-refractivity contribution in [2.24, 2.45) is 0 Å². The van der Waals surface area contributed by atoms with E-state index in [1.165, 1.54) is 38.6 Å². The second-order valence-corrected chi connectivity index (χ2v) is 3.42. The smallest absolute Gasteiger partial charge is 0.00926 e. The summed E-state index contributed by atoms with van der Waals surface area (Å²) in [5.74, 6) is 0. The SMILES string of the molecule is CCCCC1CCCN1C.Cl.Cl.Cl.Cl.[Fe]. The fraction of sp³-hybridized carbons (Fsp3) is 1.00. The molecule has 15 heavy (non-hydrogen) atoms. The van der Waals surface area contributed by atoms with E-state index in [1.54, 1.807) is 0 Å². The molecular weight excluding hydrogens is 320 g/mol. The van der Waals surface area contributed by atoms with E-state index in [9.17, 15) is 0 Å². The molecule has 0 aromatic rings. The fourth-order valence-corrected chi connectivity index (χ4v) is 1.78. The predicted molar refractivity (Wildman–Crippen MR) is 74.2 cm³/mol. The van der Waals surface area contributed by atoms with Gasteiger partial charge < -0.3 is 4.90 Å². The number of nitrogens with zero attached hydrogens (tertiary/aromatic N) is 1. The van der Waals surface area contributed by atoms with Crippen LogP contribution in [-0.2, 0) is 17.1 Å². The van der Waals surface area contributed by atoms with Crippen molar-refractivity contribution in [2.45, 2.75) is 45.1 Å². The minimum Gasteiger partial charge on any atom is -0.303 e. The standard InChI is InChI=1S/C9H19N.4ClH.Fe/c1-3-4-6-9-7-5-8-10(9)2;;;;;/h9H,3-8H2,1-2H3;4*1H;. The quantitative estimate of drug-likeness (QED) is 0.702. The predicted octanol–water partition coefficient (Wildman–Crippen LogP) is 3.96. The molecule has 1 heterocycles. The molecule has 0 aromatic carbocycles. The van der Waals surface area contributed by atoms with E-state index >= 15 is 0 Å². The molecule has 1 saturated heterocycles. The van der Waals surface area contributed by atoms with Gasteiger partial charge in [-0.15, -0.1) is 49.6 Å². The van der Waals surface area contributed by atoms with Gasteiger partial charge in [0.2, 0.25) is 0 Å². The molecule has 1 aliphatic heterocycles. The first-order chi connectivity index (χ1) is 4.84. The van der Waals surface area contributed by atoms with E-state index in [2.05, 4.69) is 18.9 Å². The number of hydrogen-bond acceptors (Lipinski definition) is 1. The molecule has 0 N–H and O–H groups in total. The van der Waals surface area contributed by atoms with Crippen LogP contribution in [0.4, 0.5) is 0 Å². The van der Waals surface area contributed by atoms with Gasteiger partial charge in [-0.3, -0.25) is 0 Å². The van der Waals surface area contributed by atoms with Gasteiger partial charge in [-0.2, -0.15) is 0 Å². The second-order valence-electron chi connectivity index (χ2n) is 3.42. The Balaban J connectivity index is -0.0000000667. The van der Waals surface area contributed by atoms with Crippen molar-refractivity contribution >= 4 is 49.6 Å². The van der Waals surface area contributed by atoms with E-state index in [-0.39, 0.29) is 66.7 Å². The molecule has 0 spiro atoms. The number of likely N-dealkylation sites (tertiary alicyclic amines) is 1. The maximum atomic E-state index is 2.51. The number of hydrogen-bond donors (Lipinski definition) is 0. The Morgan fingerprint density at radius 2 is 1.67 bits per heavy atom. The fourth-order valence-electron chi connectivity index (χ4n) is 1.78. The van der Waals surface area contributed by atoms with E-state index < -0.39 is 0 Å². The Morgan fingerprint density at radius 1 is 1.13 bits per heavy atom. The summed E-state index contributed by atoms with van der Waals surface area (Å²) in [5, 5.41) is 0. The number of halogens is 4. The van der Waals surface area contributed by atoms with E-state index in [0.29, 0.717) is 0 Å². The largest absolute Gasteiger partial charge is 0.303 e. The Morgan fingerprint density at radius 3 is 2.00 bits per heavy atom. The van der Waals surface area contributed by atoms with Crippen molar-refractivity contribution in [3.63, 3.8) is 0 Å². The third kappa shape index (κ3) is 11.9. The summed E-state index contributed by atoms with van der Waals surface area (Å²) < 4.78 is 0. The topological polar surface area (TPSA) is 3.24 Å². The van der Waals surface area contributed by atoms with Gasteiger partial charge in [0.1, 0.15) is 0 Å². The van der Waals surface area contributed by atoms with Crippen molar-refractivity contribution in [3.05, 3.63) is 0 Å². The summed E-state index contributed by atoms with van der Waals surface area (Å²) >= 11 is 0. The van der Waals surface area contributed by atoms with Crippen LogP contribution in [0.3, 0.4) is 0 Å². The first-order valence-corrected chi connectivity index (χ1v) is 4.55. The van der Waals surface area contributed by atoms with Crippen molar-refractivity contribution in [1.29, 1.82) is 0 Å². The molecule has 0 aliphatic carbocycles. The maximum absolute atomic E-state index is 2.51. The molecule has 1 unspecified atom stereocenters. The third-order valence-corrected chi connectivity index (χ3v) is 2.56.